The van der Waals surface area contributed by atoms with Crippen LogP contribution in [0.15, 0.2) is 24.4 Å². The van der Waals surface area contributed by atoms with E-state index >= 15 is 0 Å². The SMILES string of the molecule is CS(=O)(=O)Nc1cccc(CN2CCC(CC#N)(n3cc(C(N)=O)c(NC(=O)C4CC4)n3)CC2)c1F. The Bertz CT molecular complexity index is 1320. The third-order valence-electron chi connectivity index (χ3n) is 6.62. The van der Waals surface area contributed by atoms with Gasteiger partial charge in [-0.25, -0.2) is 12.8 Å². The minimum atomic E-state index is -3.62. The first-order chi connectivity index (χ1) is 17.0. The quantitative estimate of drug-likeness (QED) is 0.456. The number of carbonyl (C=O) groups excluding carboxylic acids is 2. The summed E-state index contributed by atoms with van der Waals surface area (Å²) in [5, 5.41) is 16.7. The summed E-state index contributed by atoms with van der Waals surface area (Å²) in [4.78, 5) is 26.3. The number of hydrogen-bond acceptors (Lipinski definition) is 7. The molecule has 1 saturated heterocycles. The molecule has 0 spiro atoms. The van der Waals surface area contributed by atoms with Crippen molar-refractivity contribution in [2.24, 2.45) is 11.7 Å². The fourth-order valence-corrected chi connectivity index (χ4v) is 4.99. The van der Waals surface area contributed by atoms with Crippen LogP contribution in [0.3, 0.4) is 0 Å². The summed E-state index contributed by atoms with van der Waals surface area (Å²) in [7, 11) is -3.62. The highest BCUT2D eigenvalue weighted by molar-refractivity contribution is 7.92. The number of likely N-dealkylation sites (tertiary alicyclic amines) is 1. The number of carbonyl (C=O) groups is 2. The van der Waals surface area contributed by atoms with Crippen molar-refractivity contribution in [2.45, 2.75) is 44.2 Å². The van der Waals surface area contributed by atoms with Gasteiger partial charge in [-0.1, -0.05) is 12.1 Å². The van der Waals surface area contributed by atoms with Crippen molar-refractivity contribution in [1.29, 1.82) is 5.26 Å². The minimum Gasteiger partial charge on any atom is -0.365 e. The standard InChI is InChI=1S/C23H28FN7O4S/c1-36(34,35)29-18-4-2-3-16(19(18)24)13-30-11-8-23(7-10-25,9-12-30)31-14-17(20(26)32)21(28-31)27-22(33)15-5-6-15/h2-4,14-15,29H,5-9,11-13H2,1H3,(H2,26,32)(H,27,28,33). The second kappa shape index (κ2) is 9.87. The average molecular weight is 518 g/mol. The summed E-state index contributed by atoms with van der Waals surface area (Å²) in [6.07, 6.45) is 5.12. The number of halogens is 1. The van der Waals surface area contributed by atoms with Gasteiger partial charge in [-0.3, -0.25) is 23.9 Å². The van der Waals surface area contributed by atoms with Crippen LogP contribution in [-0.2, 0) is 26.9 Å². The molecule has 0 radical (unpaired) electrons. The number of amides is 2. The Morgan fingerprint density at radius 1 is 1.31 bits per heavy atom. The van der Waals surface area contributed by atoms with Crippen LogP contribution < -0.4 is 15.8 Å². The molecule has 13 heteroatoms. The van der Waals surface area contributed by atoms with Crippen LogP contribution in [0.2, 0.25) is 0 Å². The molecule has 2 heterocycles. The van der Waals surface area contributed by atoms with Gasteiger partial charge in [0.2, 0.25) is 15.9 Å². The fraction of sp³-hybridized carbons (Fsp3) is 0.478. The van der Waals surface area contributed by atoms with E-state index in [-0.39, 0.29) is 41.9 Å². The molecule has 192 valence electrons. The Labute approximate surface area is 208 Å². The lowest BCUT2D eigenvalue weighted by Crippen LogP contribution is -2.46. The highest BCUT2D eigenvalue weighted by Gasteiger charge is 2.39. The first-order valence-corrected chi connectivity index (χ1v) is 13.5. The van der Waals surface area contributed by atoms with Crippen LogP contribution in [0.1, 0.15) is 48.0 Å². The number of nitriles is 1. The Morgan fingerprint density at radius 3 is 2.58 bits per heavy atom. The third-order valence-corrected chi connectivity index (χ3v) is 7.21. The van der Waals surface area contributed by atoms with Gasteiger partial charge >= 0.3 is 0 Å². The monoisotopic (exact) mass is 517 g/mol. The van der Waals surface area contributed by atoms with E-state index in [0.717, 1.165) is 19.1 Å². The fourth-order valence-electron chi connectivity index (χ4n) is 4.44. The molecule has 11 nitrogen and oxygen atoms in total. The van der Waals surface area contributed by atoms with Gasteiger partial charge in [-0.05, 0) is 31.7 Å². The van der Waals surface area contributed by atoms with Crippen LogP contribution in [0, 0.1) is 23.1 Å². The molecular weight excluding hydrogens is 489 g/mol. The molecule has 36 heavy (non-hydrogen) atoms. The molecule has 1 aliphatic heterocycles. The first-order valence-electron chi connectivity index (χ1n) is 11.6. The number of aromatic nitrogens is 2. The summed E-state index contributed by atoms with van der Waals surface area (Å²) in [6.45, 7) is 1.25. The van der Waals surface area contributed by atoms with Crippen molar-refractivity contribution >= 4 is 33.3 Å². The zero-order chi connectivity index (χ0) is 26.1. The summed E-state index contributed by atoms with van der Waals surface area (Å²) < 4.78 is 41.7. The van der Waals surface area contributed by atoms with Gasteiger partial charge in [0.05, 0.1) is 30.0 Å². The first kappa shape index (κ1) is 25.6. The second-order valence-corrected chi connectivity index (χ2v) is 11.2. The molecule has 2 aromatic rings. The van der Waals surface area contributed by atoms with E-state index in [2.05, 4.69) is 21.2 Å². The van der Waals surface area contributed by atoms with Crippen molar-refractivity contribution in [3.8, 4) is 6.07 Å². The maximum Gasteiger partial charge on any atom is 0.254 e. The molecule has 2 fully saturated rings. The number of nitrogens with one attached hydrogen (secondary N) is 2. The van der Waals surface area contributed by atoms with Crippen molar-refractivity contribution in [2.75, 3.05) is 29.4 Å². The van der Waals surface area contributed by atoms with Gasteiger partial charge in [-0.2, -0.15) is 10.4 Å². The number of anilines is 2. The number of primary amides is 1. The number of rotatable bonds is 9. The maximum atomic E-state index is 14.9. The number of sulfonamides is 1. The average Bonchev–Trinajstić information content (AvgIpc) is 3.57. The lowest BCUT2D eigenvalue weighted by Gasteiger charge is -2.40. The lowest BCUT2D eigenvalue weighted by atomic mass is 9.84. The van der Waals surface area contributed by atoms with Crippen molar-refractivity contribution in [1.82, 2.24) is 14.7 Å². The summed E-state index contributed by atoms with van der Waals surface area (Å²) in [5.41, 5.74) is 5.11. The Morgan fingerprint density at radius 2 is 2.00 bits per heavy atom. The summed E-state index contributed by atoms with van der Waals surface area (Å²) >= 11 is 0. The molecule has 0 unspecified atom stereocenters. The number of piperidine rings is 1. The Kier molecular flexibility index (Phi) is 7.01. The van der Waals surface area contributed by atoms with Crippen LogP contribution >= 0.6 is 0 Å². The smallest absolute Gasteiger partial charge is 0.254 e. The van der Waals surface area contributed by atoms with E-state index in [1.54, 1.807) is 16.8 Å². The van der Waals surface area contributed by atoms with Gasteiger partial charge in [0.25, 0.3) is 5.91 Å². The number of hydrogen-bond donors (Lipinski definition) is 3. The largest absolute Gasteiger partial charge is 0.365 e. The number of nitrogens with zero attached hydrogens (tertiary/aromatic N) is 4. The predicted octanol–water partition coefficient (Wildman–Crippen LogP) is 1.75. The molecule has 4 N–H and O–H groups in total. The molecular formula is C23H28FN7O4S. The lowest BCUT2D eigenvalue weighted by molar-refractivity contribution is -0.117. The van der Waals surface area contributed by atoms with E-state index in [4.69, 9.17) is 5.73 Å². The molecule has 1 saturated carbocycles. The highest BCUT2D eigenvalue weighted by atomic mass is 32.2. The van der Waals surface area contributed by atoms with Gasteiger partial charge in [0.1, 0.15) is 5.56 Å². The predicted molar refractivity (Wildman–Crippen MR) is 130 cm³/mol. The molecule has 4 rings (SSSR count). The van der Waals surface area contributed by atoms with E-state index < -0.39 is 27.3 Å². The Hall–Kier alpha value is -3.50. The van der Waals surface area contributed by atoms with Crippen LogP contribution in [0.4, 0.5) is 15.9 Å². The number of nitrogens with two attached hydrogens (primary N) is 1. The molecule has 1 aliphatic carbocycles. The van der Waals surface area contributed by atoms with Crippen LogP contribution in [0.25, 0.3) is 0 Å². The van der Waals surface area contributed by atoms with Crippen molar-refractivity contribution < 1.29 is 22.4 Å². The van der Waals surface area contributed by atoms with E-state index in [1.165, 1.54) is 12.3 Å². The van der Waals surface area contributed by atoms with Gasteiger partial charge in [0.15, 0.2) is 11.6 Å². The second-order valence-electron chi connectivity index (χ2n) is 9.45. The third kappa shape index (κ3) is 5.66. The van der Waals surface area contributed by atoms with E-state index in [0.29, 0.717) is 31.5 Å². The van der Waals surface area contributed by atoms with Gasteiger partial charge < -0.3 is 11.1 Å². The molecule has 0 atom stereocenters. The normalized spacial score (nSPS) is 17.8. The summed E-state index contributed by atoms with van der Waals surface area (Å²) in [6, 6.07) is 6.75. The van der Waals surface area contributed by atoms with Crippen LogP contribution in [0.5, 0.6) is 0 Å². The highest BCUT2D eigenvalue weighted by Crippen LogP contribution is 2.36. The van der Waals surface area contributed by atoms with E-state index in [1.807, 2.05) is 4.90 Å². The van der Waals surface area contributed by atoms with Gasteiger partial charge in [0, 0.05) is 37.3 Å². The van der Waals surface area contributed by atoms with Crippen molar-refractivity contribution in [3.05, 3.63) is 41.3 Å². The zero-order valence-corrected chi connectivity index (χ0v) is 20.6. The van der Waals surface area contributed by atoms with Crippen LogP contribution in [-0.4, -0.2) is 54.3 Å². The molecule has 0 bridgehead atoms. The maximum absolute atomic E-state index is 14.9. The minimum absolute atomic E-state index is 0.0843. The zero-order valence-electron chi connectivity index (χ0n) is 19.8. The molecule has 1 aromatic carbocycles. The van der Waals surface area contributed by atoms with Gasteiger partial charge in [-0.15, -0.1) is 0 Å². The molecule has 2 aliphatic rings. The van der Waals surface area contributed by atoms with Crippen molar-refractivity contribution in [3.63, 3.8) is 0 Å². The molecule has 1 aromatic heterocycles. The van der Waals surface area contributed by atoms with E-state index in [9.17, 15) is 27.7 Å². The molecule has 2 amide bonds. The number of benzene rings is 1. The topological polar surface area (TPSA) is 163 Å². The Balaban J connectivity index is 1.51. The summed E-state index contributed by atoms with van der Waals surface area (Å²) in [5.74, 6) is -1.56.